The van der Waals surface area contributed by atoms with Gasteiger partial charge in [-0.2, -0.15) is 0 Å². The normalized spacial score (nSPS) is 12.2. The van der Waals surface area contributed by atoms with Crippen LogP contribution in [0.5, 0.6) is 5.75 Å². The van der Waals surface area contributed by atoms with Gasteiger partial charge in [-0.25, -0.2) is 9.97 Å². The van der Waals surface area contributed by atoms with Crippen molar-refractivity contribution in [3.05, 3.63) is 34.5 Å². The monoisotopic (exact) mass is 320 g/mol. The highest BCUT2D eigenvalue weighted by molar-refractivity contribution is 6.30. The molecule has 0 bridgehead atoms. The second-order valence-electron chi connectivity index (χ2n) is 5.32. The number of nitrogens with two attached hydrogens (primary N) is 1. The van der Waals surface area contributed by atoms with Crippen LogP contribution in [0.3, 0.4) is 0 Å². The number of nitrogens with zero attached hydrogens (tertiary/aromatic N) is 2. The van der Waals surface area contributed by atoms with Crippen LogP contribution in [0.15, 0.2) is 18.2 Å². The zero-order chi connectivity index (χ0) is 16.3. The molecule has 0 amide bonds. The Kier molecular flexibility index (Phi) is 5.21. The molecule has 118 valence electrons. The second-order valence-corrected chi connectivity index (χ2v) is 5.75. The fourth-order valence-corrected chi connectivity index (χ4v) is 2.15. The van der Waals surface area contributed by atoms with Crippen molar-refractivity contribution in [2.75, 3.05) is 11.9 Å². The summed E-state index contributed by atoms with van der Waals surface area (Å²) in [7, 11) is 0. The molecule has 22 heavy (non-hydrogen) atoms. The van der Waals surface area contributed by atoms with E-state index >= 15 is 0 Å². The lowest BCUT2D eigenvalue weighted by atomic mass is 10.1. The van der Waals surface area contributed by atoms with Gasteiger partial charge in [0, 0.05) is 28.9 Å². The molecule has 0 aliphatic rings. The van der Waals surface area contributed by atoms with Crippen molar-refractivity contribution < 1.29 is 5.11 Å². The number of hydrogen-bond donors (Lipinski definition) is 3. The summed E-state index contributed by atoms with van der Waals surface area (Å²) < 4.78 is 0. The number of aryl methyl sites for hydroxylation is 1. The maximum absolute atomic E-state index is 10.0. The maximum Gasteiger partial charge on any atom is 0.165 e. The Bertz CT molecular complexity index is 675. The number of phenols is 1. The van der Waals surface area contributed by atoms with E-state index in [1.807, 2.05) is 20.8 Å². The number of phenolic OH excluding ortho intramolecular Hbond substituents is 1. The summed E-state index contributed by atoms with van der Waals surface area (Å²) in [5.74, 6) is 1.27. The first-order chi connectivity index (χ1) is 10.4. The Hall–Kier alpha value is -1.85. The lowest BCUT2D eigenvalue weighted by molar-refractivity contribution is 0.477. The summed E-state index contributed by atoms with van der Waals surface area (Å²) in [5, 5.41) is 13.8. The van der Waals surface area contributed by atoms with E-state index in [9.17, 15) is 5.11 Å². The third-order valence-corrected chi connectivity index (χ3v) is 3.88. The van der Waals surface area contributed by atoms with Crippen LogP contribution in [0, 0.1) is 13.8 Å². The molecule has 0 unspecified atom stereocenters. The Morgan fingerprint density at radius 3 is 2.73 bits per heavy atom. The summed E-state index contributed by atoms with van der Waals surface area (Å²) in [6.07, 6.45) is 0.887. The number of anilines is 1. The van der Waals surface area contributed by atoms with Crippen molar-refractivity contribution in [1.82, 2.24) is 9.97 Å². The van der Waals surface area contributed by atoms with Gasteiger partial charge < -0.3 is 16.2 Å². The third-order valence-electron chi connectivity index (χ3n) is 3.64. The van der Waals surface area contributed by atoms with Gasteiger partial charge in [0.1, 0.15) is 11.6 Å². The zero-order valence-corrected chi connectivity index (χ0v) is 13.8. The molecule has 0 aliphatic carbocycles. The lowest BCUT2D eigenvalue weighted by Gasteiger charge is -2.15. The molecule has 0 aliphatic heterocycles. The van der Waals surface area contributed by atoms with Crippen LogP contribution in [0.2, 0.25) is 5.02 Å². The van der Waals surface area contributed by atoms with Crippen LogP contribution in [-0.2, 0) is 0 Å². The average molecular weight is 321 g/mol. The maximum atomic E-state index is 10.0. The molecule has 4 N–H and O–H groups in total. The van der Waals surface area contributed by atoms with E-state index in [1.54, 1.807) is 12.1 Å². The number of halogens is 1. The molecular formula is C16H21ClN4O. The standard InChI is InChI=1S/C16H21ClN4O/c1-4-12(18)8-19-15-9(2)10(3)20-16(21-15)13-7-11(17)5-6-14(13)22/h5-7,12,22H,4,8,18H2,1-3H3,(H,19,20,21)/t12-/m1/s1. The van der Waals surface area contributed by atoms with Gasteiger partial charge in [-0.1, -0.05) is 18.5 Å². The number of nitrogens with one attached hydrogen (secondary N) is 1. The van der Waals surface area contributed by atoms with Crippen molar-refractivity contribution in [2.24, 2.45) is 5.73 Å². The van der Waals surface area contributed by atoms with Gasteiger partial charge in [0.15, 0.2) is 5.82 Å². The van der Waals surface area contributed by atoms with Gasteiger partial charge in [-0.05, 0) is 38.5 Å². The fourth-order valence-electron chi connectivity index (χ4n) is 1.98. The van der Waals surface area contributed by atoms with E-state index in [2.05, 4.69) is 15.3 Å². The molecule has 5 nitrogen and oxygen atoms in total. The highest BCUT2D eigenvalue weighted by Crippen LogP contribution is 2.31. The minimum atomic E-state index is 0.0673. The molecule has 1 heterocycles. The van der Waals surface area contributed by atoms with Crippen molar-refractivity contribution in [3.63, 3.8) is 0 Å². The van der Waals surface area contributed by atoms with E-state index in [-0.39, 0.29) is 11.8 Å². The molecule has 1 aromatic carbocycles. The van der Waals surface area contributed by atoms with Crippen LogP contribution >= 0.6 is 11.6 Å². The predicted molar refractivity (Wildman–Crippen MR) is 90.4 cm³/mol. The lowest BCUT2D eigenvalue weighted by Crippen LogP contribution is -2.28. The SMILES string of the molecule is CC[C@@H](N)CNc1nc(-c2cc(Cl)ccc2O)nc(C)c1C. The van der Waals surface area contributed by atoms with Crippen LogP contribution in [0.1, 0.15) is 24.6 Å². The first kappa shape index (κ1) is 16.5. The highest BCUT2D eigenvalue weighted by atomic mass is 35.5. The van der Waals surface area contributed by atoms with Crippen LogP contribution in [0.4, 0.5) is 5.82 Å². The third kappa shape index (κ3) is 3.67. The zero-order valence-electron chi connectivity index (χ0n) is 13.0. The summed E-state index contributed by atoms with van der Waals surface area (Å²) >= 11 is 6.00. The predicted octanol–water partition coefficient (Wildman–Crippen LogP) is 3.27. The highest BCUT2D eigenvalue weighted by Gasteiger charge is 2.13. The van der Waals surface area contributed by atoms with Crippen molar-refractivity contribution in [3.8, 4) is 17.1 Å². The van der Waals surface area contributed by atoms with Crippen LogP contribution in [0.25, 0.3) is 11.4 Å². The van der Waals surface area contributed by atoms with E-state index in [0.717, 1.165) is 23.5 Å². The van der Waals surface area contributed by atoms with Crippen molar-refractivity contribution >= 4 is 17.4 Å². The molecule has 2 rings (SSSR count). The van der Waals surface area contributed by atoms with E-state index in [1.165, 1.54) is 6.07 Å². The van der Waals surface area contributed by atoms with E-state index in [0.29, 0.717) is 23.0 Å². The first-order valence-electron chi connectivity index (χ1n) is 7.26. The Labute approximate surface area is 135 Å². The fraction of sp³-hybridized carbons (Fsp3) is 0.375. The topological polar surface area (TPSA) is 84.1 Å². The van der Waals surface area contributed by atoms with Gasteiger partial charge in [0.05, 0.1) is 5.56 Å². The molecule has 0 fully saturated rings. The minimum absolute atomic E-state index is 0.0673. The molecule has 2 aromatic rings. The number of rotatable bonds is 5. The van der Waals surface area contributed by atoms with Crippen molar-refractivity contribution in [2.45, 2.75) is 33.2 Å². The second kappa shape index (κ2) is 6.94. The van der Waals surface area contributed by atoms with Gasteiger partial charge in [0.2, 0.25) is 0 Å². The molecule has 0 saturated carbocycles. The van der Waals surface area contributed by atoms with Gasteiger partial charge in [-0.3, -0.25) is 0 Å². The number of benzene rings is 1. The van der Waals surface area contributed by atoms with Crippen LogP contribution < -0.4 is 11.1 Å². The van der Waals surface area contributed by atoms with Gasteiger partial charge >= 0.3 is 0 Å². The van der Waals surface area contributed by atoms with Crippen molar-refractivity contribution in [1.29, 1.82) is 0 Å². The average Bonchev–Trinajstić information content (AvgIpc) is 2.50. The molecule has 0 spiro atoms. The number of aromatic hydroxyl groups is 1. The number of aromatic nitrogens is 2. The molecule has 0 radical (unpaired) electrons. The molecule has 6 heteroatoms. The summed E-state index contributed by atoms with van der Waals surface area (Å²) in [4.78, 5) is 8.97. The first-order valence-corrected chi connectivity index (χ1v) is 7.63. The van der Waals surface area contributed by atoms with E-state index < -0.39 is 0 Å². The molecule has 0 saturated heterocycles. The largest absolute Gasteiger partial charge is 0.507 e. The molecular weight excluding hydrogens is 300 g/mol. The quantitative estimate of drug-likeness (QED) is 0.787. The summed E-state index contributed by atoms with van der Waals surface area (Å²) in [5.41, 5.74) is 8.26. The number of hydrogen-bond acceptors (Lipinski definition) is 5. The summed E-state index contributed by atoms with van der Waals surface area (Å²) in [6, 6.07) is 4.89. The Morgan fingerprint density at radius 1 is 1.32 bits per heavy atom. The molecule has 1 aromatic heterocycles. The Morgan fingerprint density at radius 2 is 2.05 bits per heavy atom. The minimum Gasteiger partial charge on any atom is -0.507 e. The van der Waals surface area contributed by atoms with E-state index in [4.69, 9.17) is 17.3 Å². The summed E-state index contributed by atoms with van der Waals surface area (Å²) in [6.45, 7) is 6.54. The van der Waals surface area contributed by atoms with Crippen LogP contribution in [-0.4, -0.2) is 27.7 Å². The van der Waals surface area contributed by atoms with Gasteiger partial charge in [-0.15, -0.1) is 0 Å². The smallest absolute Gasteiger partial charge is 0.165 e. The van der Waals surface area contributed by atoms with Gasteiger partial charge in [0.25, 0.3) is 0 Å². The molecule has 1 atom stereocenters. The Balaban J connectivity index is 2.41.